The predicted octanol–water partition coefficient (Wildman–Crippen LogP) is 5.18. The van der Waals surface area contributed by atoms with Crippen LogP contribution in [0.3, 0.4) is 0 Å². The molecular formula is C14H16Cl2N2S. The molecule has 0 saturated carbocycles. The van der Waals surface area contributed by atoms with Crippen molar-refractivity contribution in [2.75, 3.05) is 6.54 Å². The number of thiazole rings is 1. The van der Waals surface area contributed by atoms with E-state index in [-0.39, 0.29) is 6.04 Å². The van der Waals surface area contributed by atoms with E-state index in [1.165, 1.54) is 0 Å². The number of aromatic nitrogens is 1. The summed E-state index contributed by atoms with van der Waals surface area (Å²) in [5, 5.41) is 7.73. The van der Waals surface area contributed by atoms with E-state index in [4.69, 9.17) is 23.2 Å². The molecule has 1 heterocycles. The van der Waals surface area contributed by atoms with E-state index >= 15 is 0 Å². The second-order valence-corrected chi connectivity index (χ2v) is 6.14. The van der Waals surface area contributed by atoms with E-state index in [1.807, 2.05) is 12.1 Å². The van der Waals surface area contributed by atoms with E-state index in [2.05, 4.69) is 29.5 Å². The highest BCUT2D eigenvalue weighted by Crippen LogP contribution is 2.30. The van der Waals surface area contributed by atoms with Gasteiger partial charge in [0.1, 0.15) is 5.01 Å². The number of nitrogens with zero attached hydrogens (tertiary/aromatic N) is 1. The van der Waals surface area contributed by atoms with Gasteiger partial charge in [-0.2, -0.15) is 0 Å². The Bertz CT molecular complexity index is 534. The van der Waals surface area contributed by atoms with Crippen LogP contribution in [-0.4, -0.2) is 11.5 Å². The van der Waals surface area contributed by atoms with Gasteiger partial charge in [0.05, 0.1) is 5.69 Å². The highest BCUT2D eigenvalue weighted by molar-refractivity contribution is 7.13. The topological polar surface area (TPSA) is 24.9 Å². The zero-order chi connectivity index (χ0) is 13.8. The van der Waals surface area contributed by atoms with Gasteiger partial charge in [0.25, 0.3) is 0 Å². The van der Waals surface area contributed by atoms with Gasteiger partial charge in [-0.15, -0.1) is 11.3 Å². The number of halogens is 2. The third kappa shape index (κ3) is 3.93. The van der Waals surface area contributed by atoms with E-state index in [9.17, 15) is 0 Å². The molecule has 19 heavy (non-hydrogen) atoms. The number of benzene rings is 1. The molecule has 0 saturated heterocycles. The Hall–Kier alpha value is -0.610. The summed E-state index contributed by atoms with van der Waals surface area (Å²) in [5.74, 6) is 0. The summed E-state index contributed by atoms with van der Waals surface area (Å²) in [5.41, 5.74) is 2.03. The zero-order valence-electron chi connectivity index (χ0n) is 10.9. The molecule has 1 aromatic carbocycles. The van der Waals surface area contributed by atoms with Crippen LogP contribution in [-0.2, 0) is 0 Å². The molecule has 102 valence electrons. The summed E-state index contributed by atoms with van der Waals surface area (Å²) >= 11 is 13.6. The van der Waals surface area contributed by atoms with Gasteiger partial charge in [-0.3, -0.25) is 0 Å². The van der Waals surface area contributed by atoms with E-state index in [1.54, 1.807) is 17.4 Å². The van der Waals surface area contributed by atoms with Crippen molar-refractivity contribution in [1.82, 2.24) is 10.3 Å². The van der Waals surface area contributed by atoms with Crippen LogP contribution < -0.4 is 5.32 Å². The molecule has 1 N–H and O–H groups in total. The molecule has 0 aliphatic carbocycles. The van der Waals surface area contributed by atoms with Crippen LogP contribution >= 0.6 is 34.5 Å². The standard InChI is InChI=1S/C14H16Cl2N2S/c1-3-4-17-9(2)13-8-19-14(18-13)10-5-11(15)7-12(16)6-10/h5-9,17H,3-4H2,1-2H3. The molecule has 1 unspecified atom stereocenters. The van der Waals surface area contributed by atoms with Crippen LogP contribution in [0.2, 0.25) is 10.0 Å². The van der Waals surface area contributed by atoms with Crippen LogP contribution in [0.1, 0.15) is 32.0 Å². The van der Waals surface area contributed by atoms with E-state index < -0.39 is 0 Å². The molecule has 0 spiro atoms. The molecule has 2 rings (SSSR count). The first-order chi connectivity index (χ1) is 9.10. The van der Waals surface area contributed by atoms with Crippen molar-refractivity contribution in [2.45, 2.75) is 26.3 Å². The van der Waals surface area contributed by atoms with Crippen molar-refractivity contribution in [1.29, 1.82) is 0 Å². The number of hydrogen-bond donors (Lipinski definition) is 1. The quantitative estimate of drug-likeness (QED) is 0.822. The van der Waals surface area contributed by atoms with Crippen LogP contribution in [0.15, 0.2) is 23.6 Å². The van der Waals surface area contributed by atoms with Crippen molar-refractivity contribution in [3.8, 4) is 10.6 Å². The minimum Gasteiger partial charge on any atom is -0.309 e. The average Bonchev–Trinajstić information content (AvgIpc) is 2.84. The van der Waals surface area contributed by atoms with Crippen molar-refractivity contribution in [3.05, 3.63) is 39.3 Å². The lowest BCUT2D eigenvalue weighted by Crippen LogP contribution is -2.19. The first-order valence-electron chi connectivity index (χ1n) is 6.25. The monoisotopic (exact) mass is 314 g/mol. The van der Waals surface area contributed by atoms with Gasteiger partial charge in [-0.25, -0.2) is 4.98 Å². The summed E-state index contributed by atoms with van der Waals surface area (Å²) in [7, 11) is 0. The first kappa shape index (κ1) is 14.8. The van der Waals surface area contributed by atoms with E-state index in [0.717, 1.165) is 29.2 Å². The smallest absolute Gasteiger partial charge is 0.123 e. The van der Waals surface area contributed by atoms with Crippen molar-refractivity contribution >= 4 is 34.5 Å². The van der Waals surface area contributed by atoms with Gasteiger partial charge in [-0.05, 0) is 38.1 Å². The molecule has 1 aromatic heterocycles. The van der Waals surface area contributed by atoms with Gasteiger partial charge in [-0.1, -0.05) is 30.1 Å². The van der Waals surface area contributed by atoms with Crippen molar-refractivity contribution in [3.63, 3.8) is 0 Å². The normalized spacial score (nSPS) is 12.6. The van der Waals surface area contributed by atoms with Gasteiger partial charge in [0.2, 0.25) is 0 Å². The molecule has 5 heteroatoms. The van der Waals surface area contributed by atoms with Gasteiger partial charge >= 0.3 is 0 Å². The molecule has 2 aromatic rings. The summed E-state index contributed by atoms with van der Waals surface area (Å²) in [4.78, 5) is 4.65. The average molecular weight is 315 g/mol. The maximum Gasteiger partial charge on any atom is 0.123 e. The molecule has 0 amide bonds. The number of hydrogen-bond acceptors (Lipinski definition) is 3. The predicted molar refractivity (Wildman–Crippen MR) is 84.3 cm³/mol. The Morgan fingerprint density at radius 1 is 1.26 bits per heavy atom. The minimum absolute atomic E-state index is 0.264. The Kier molecular flexibility index (Phi) is 5.22. The van der Waals surface area contributed by atoms with Crippen LogP contribution in [0.5, 0.6) is 0 Å². The lowest BCUT2D eigenvalue weighted by Gasteiger charge is -2.09. The lowest BCUT2D eigenvalue weighted by molar-refractivity contribution is 0.561. The molecule has 2 nitrogen and oxygen atoms in total. The Labute approximate surface area is 127 Å². The molecule has 0 bridgehead atoms. The maximum atomic E-state index is 6.02. The largest absolute Gasteiger partial charge is 0.309 e. The second kappa shape index (κ2) is 6.71. The van der Waals surface area contributed by atoms with E-state index in [0.29, 0.717) is 10.0 Å². The van der Waals surface area contributed by atoms with Gasteiger partial charge in [0, 0.05) is 27.0 Å². The SMILES string of the molecule is CCCNC(C)c1csc(-c2cc(Cl)cc(Cl)c2)n1. The fourth-order valence-electron chi connectivity index (χ4n) is 1.76. The fraction of sp³-hybridized carbons (Fsp3) is 0.357. The highest BCUT2D eigenvalue weighted by Gasteiger charge is 2.11. The van der Waals surface area contributed by atoms with Gasteiger partial charge < -0.3 is 5.32 Å². The zero-order valence-corrected chi connectivity index (χ0v) is 13.2. The molecule has 1 atom stereocenters. The van der Waals surface area contributed by atoms with Crippen molar-refractivity contribution < 1.29 is 0 Å². The maximum absolute atomic E-state index is 6.02. The molecular weight excluding hydrogens is 299 g/mol. The van der Waals surface area contributed by atoms with Crippen LogP contribution in [0.4, 0.5) is 0 Å². The summed E-state index contributed by atoms with van der Waals surface area (Å²) in [6.07, 6.45) is 1.12. The third-order valence-corrected chi connectivity index (χ3v) is 4.12. The second-order valence-electron chi connectivity index (χ2n) is 4.41. The summed E-state index contributed by atoms with van der Waals surface area (Å²) in [6, 6.07) is 5.77. The van der Waals surface area contributed by atoms with Crippen LogP contribution in [0, 0.1) is 0 Å². The highest BCUT2D eigenvalue weighted by atomic mass is 35.5. The summed E-state index contributed by atoms with van der Waals surface area (Å²) < 4.78 is 0. The molecule has 0 aliphatic heterocycles. The third-order valence-electron chi connectivity index (χ3n) is 2.78. The van der Waals surface area contributed by atoms with Crippen LogP contribution in [0.25, 0.3) is 10.6 Å². The van der Waals surface area contributed by atoms with Crippen molar-refractivity contribution in [2.24, 2.45) is 0 Å². The first-order valence-corrected chi connectivity index (χ1v) is 7.89. The van der Waals surface area contributed by atoms with Gasteiger partial charge in [0.15, 0.2) is 0 Å². The Morgan fingerprint density at radius 3 is 2.58 bits per heavy atom. The lowest BCUT2D eigenvalue weighted by atomic mass is 10.2. The fourth-order valence-corrected chi connectivity index (χ4v) is 3.19. The number of nitrogens with one attached hydrogen (secondary N) is 1. The molecule has 0 radical (unpaired) electrons. The molecule has 0 fully saturated rings. The molecule has 0 aliphatic rings. The number of rotatable bonds is 5. The minimum atomic E-state index is 0.264. The Morgan fingerprint density at radius 2 is 1.95 bits per heavy atom. The summed E-state index contributed by atoms with van der Waals surface area (Å²) in [6.45, 7) is 5.27. The Balaban J connectivity index is 2.20.